The zero-order chi connectivity index (χ0) is 19.9. The van der Waals surface area contributed by atoms with Crippen LogP contribution in [-0.4, -0.2) is 31.1 Å². The zero-order valence-corrected chi connectivity index (χ0v) is 17.0. The second kappa shape index (κ2) is 9.45. The van der Waals surface area contributed by atoms with Gasteiger partial charge in [0.05, 0.1) is 19.8 Å². The summed E-state index contributed by atoms with van der Waals surface area (Å²) in [5.41, 5.74) is 3.87. The summed E-state index contributed by atoms with van der Waals surface area (Å²) in [5.74, 6) is 0.491. The Kier molecular flexibility index (Phi) is 6.75. The molecule has 4 heteroatoms. The molecule has 0 radical (unpaired) electrons. The van der Waals surface area contributed by atoms with Crippen molar-refractivity contribution in [2.24, 2.45) is 0 Å². The normalized spacial score (nSPS) is 18.1. The van der Waals surface area contributed by atoms with E-state index < -0.39 is 0 Å². The van der Waals surface area contributed by atoms with Crippen LogP contribution < -0.4 is 4.74 Å². The number of nitrogens with zero attached hydrogens (tertiary/aromatic N) is 1. The Balaban J connectivity index is 2.05. The molecular weight excluding hydrogens is 350 g/mol. The van der Waals surface area contributed by atoms with Gasteiger partial charge >= 0.3 is 5.97 Å². The molecule has 0 N–H and O–H groups in total. The van der Waals surface area contributed by atoms with Crippen LogP contribution in [0.15, 0.2) is 60.3 Å². The summed E-state index contributed by atoms with van der Waals surface area (Å²) in [4.78, 5) is 15.2. The van der Waals surface area contributed by atoms with Gasteiger partial charge in [-0.05, 0) is 42.5 Å². The van der Waals surface area contributed by atoms with E-state index in [4.69, 9.17) is 9.47 Å². The van der Waals surface area contributed by atoms with Crippen molar-refractivity contribution in [2.75, 3.05) is 14.2 Å². The van der Waals surface area contributed by atoms with Crippen LogP contribution >= 0.6 is 0 Å². The van der Waals surface area contributed by atoms with Crippen molar-refractivity contribution < 1.29 is 14.3 Å². The Morgan fingerprint density at radius 3 is 2.39 bits per heavy atom. The molecule has 1 aliphatic rings. The molecule has 0 unspecified atom stereocenters. The van der Waals surface area contributed by atoms with Crippen LogP contribution in [-0.2, 0) is 16.1 Å². The van der Waals surface area contributed by atoms with Gasteiger partial charge in [0.1, 0.15) is 5.75 Å². The van der Waals surface area contributed by atoms with E-state index in [9.17, 15) is 4.79 Å². The Morgan fingerprint density at radius 1 is 1.07 bits per heavy atom. The van der Waals surface area contributed by atoms with Gasteiger partial charge in [-0.25, -0.2) is 4.79 Å². The number of carbonyl (C=O) groups excluding carboxylic acids is 1. The molecule has 2 aromatic rings. The van der Waals surface area contributed by atoms with Gasteiger partial charge in [-0.15, -0.1) is 0 Å². The SMILES string of the molecule is CCC[C@@H]1CC/C(=C(/C(=O)OC)c2ccc(OC)cc2)N1Cc1ccccc1. The lowest BCUT2D eigenvalue weighted by Crippen LogP contribution is -2.29. The number of hydrogen-bond donors (Lipinski definition) is 0. The number of hydrogen-bond acceptors (Lipinski definition) is 4. The van der Waals surface area contributed by atoms with Gasteiger partial charge in [-0.3, -0.25) is 0 Å². The fraction of sp³-hybridized carbons (Fsp3) is 0.375. The van der Waals surface area contributed by atoms with E-state index in [-0.39, 0.29) is 5.97 Å². The smallest absolute Gasteiger partial charge is 0.340 e. The molecule has 1 saturated heterocycles. The maximum absolute atomic E-state index is 12.8. The summed E-state index contributed by atoms with van der Waals surface area (Å²) in [5, 5.41) is 0. The summed E-state index contributed by atoms with van der Waals surface area (Å²) in [6.45, 7) is 3.02. The van der Waals surface area contributed by atoms with Gasteiger partial charge in [-0.1, -0.05) is 55.8 Å². The van der Waals surface area contributed by atoms with Crippen molar-refractivity contribution in [1.82, 2.24) is 4.90 Å². The fourth-order valence-corrected chi connectivity index (χ4v) is 3.99. The number of allylic oxidation sites excluding steroid dienone is 1. The summed E-state index contributed by atoms with van der Waals surface area (Å²) in [6, 6.07) is 18.5. The first-order valence-corrected chi connectivity index (χ1v) is 9.94. The van der Waals surface area contributed by atoms with Crippen LogP contribution in [0.3, 0.4) is 0 Å². The Hall–Kier alpha value is -2.75. The molecule has 4 nitrogen and oxygen atoms in total. The minimum atomic E-state index is -0.282. The van der Waals surface area contributed by atoms with Crippen LogP contribution in [0.4, 0.5) is 0 Å². The van der Waals surface area contributed by atoms with Crippen molar-refractivity contribution in [1.29, 1.82) is 0 Å². The minimum Gasteiger partial charge on any atom is -0.497 e. The predicted octanol–water partition coefficient (Wildman–Crippen LogP) is 5.04. The topological polar surface area (TPSA) is 38.8 Å². The van der Waals surface area contributed by atoms with E-state index in [2.05, 4.69) is 36.1 Å². The van der Waals surface area contributed by atoms with Crippen LogP contribution in [0.25, 0.3) is 5.57 Å². The van der Waals surface area contributed by atoms with Gasteiger partial charge in [0.25, 0.3) is 0 Å². The van der Waals surface area contributed by atoms with Crippen LogP contribution in [0, 0.1) is 0 Å². The molecule has 1 aliphatic heterocycles. The second-order valence-electron chi connectivity index (χ2n) is 7.14. The zero-order valence-electron chi connectivity index (χ0n) is 17.0. The van der Waals surface area contributed by atoms with E-state index in [0.29, 0.717) is 11.6 Å². The third-order valence-corrected chi connectivity index (χ3v) is 5.38. The predicted molar refractivity (Wildman–Crippen MR) is 112 cm³/mol. The molecule has 0 bridgehead atoms. The molecule has 0 aliphatic carbocycles. The quantitative estimate of drug-likeness (QED) is 0.499. The number of likely N-dealkylation sites (tertiary alicyclic amines) is 1. The van der Waals surface area contributed by atoms with Crippen molar-refractivity contribution in [3.05, 3.63) is 71.4 Å². The van der Waals surface area contributed by atoms with E-state index in [1.54, 1.807) is 7.11 Å². The third kappa shape index (κ3) is 4.38. The standard InChI is InChI=1S/C24H29NO3/c1-4-8-20-13-16-22(25(20)17-18-9-6-5-7-10-18)23(24(26)28-3)19-11-14-21(27-2)15-12-19/h5-7,9-12,14-15,20H,4,8,13,16-17H2,1-3H3/b23-22-/t20-/m1/s1. The number of esters is 1. The average molecular weight is 380 g/mol. The van der Waals surface area contributed by atoms with Gasteiger partial charge in [0.2, 0.25) is 0 Å². The Labute approximate surface area is 167 Å². The van der Waals surface area contributed by atoms with Crippen molar-refractivity contribution in [3.63, 3.8) is 0 Å². The van der Waals surface area contributed by atoms with Gasteiger partial charge < -0.3 is 14.4 Å². The molecule has 0 aromatic heterocycles. The second-order valence-corrected chi connectivity index (χ2v) is 7.14. The maximum Gasteiger partial charge on any atom is 0.340 e. The molecule has 28 heavy (non-hydrogen) atoms. The lowest BCUT2D eigenvalue weighted by atomic mass is 10.0. The van der Waals surface area contributed by atoms with Gasteiger partial charge in [-0.2, -0.15) is 0 Å². The molecular formula is C24H29NO3. The highest BCUT2D eigenvalue weighted by atomic mass is 16.5. The molecule has 1 atom stereocenters. The lowest BCUT2D eigenvalue weighted by molar-refractivity contribution is -0.133. The van der Waals surface area contributed by atoms with Gasteiger partial charge in [0, 0.05) is 18.3 Å². The highest BCUT2D eigenvalue weighted by molar-refractivity contribution is 6.17. The largest absolute Gasteiger partial charge is 0.497 e. The molecule has 3 rings (SSSR count). The molecule has 0 spiro atoms. The first kappa shape index (κ1) is 20.0. The van der Waals surface area contributed by atoms with E-state index in [1.165, 1.54) is 12.7 Å². The van der Waals surface area contributed by atoms with Crippen LogP contribution in [0.2, 0.25) is 0 Å². The molecule has 1 fully saturated rings. The van der Waals surface area contributed by atoms with E-state index in [1.807, 2.05) is 30.3 Å². The number of carbonyl (C=O) groups is 1. The summed E-state index contributed by atoms with van der Waals surface area (Å²) in [7, 11) is 3.09. The first-order chi connectivity index (χ1) is 13.7. The van der Waals surface area contributed by atoms with Crippen molar-refractivity contribution in [3.8, 4) is 5.75 Å². The van der Waals surface area contributed by atoms with Gasteiger partial charge in [0.15, 0.2) is 0 Å². The fourth-order valence-electron chi connectivity index (χ4n) is 3.99. The lowest BCUT2D eigenvalue weighted by Gasteiger charge is -2.29. The van der Waals surface area contributed by atoms with Crippen molar-refractivity contribution >= 4 is 11.5 Å². The first-order valence-electron chi connectivity index (χ1n) is 9.94. The van der Waals surface area contributed by atoms with Crippen LogP contribution in [0.5, 0.6) is 5.75 Å². The summed E-state index contributed by atoms with van der Waals surface area (Å²) >= 11 is 0. The Bertz CT molecular complexity index is 812. The number of benzene rings is 2. The van der Waals surface area contributed by atoms with Crippen molar-refractivity contribution in [2.45, 2.75) is 45.2 Å². The summed E-state index contributed by atoms with van der Waals surface area (Å²) in [6.07, 6.45) is 4.19. The molecule has 0 saturated carbocycles. The summed E-state index contributed by atoms with van der Waals surface area (Å²) < 4.78 is 10.4. The minimum absolute atomic E-state index is 0.282. The molecule has 148 valence electrons. The van der Waals surface area contributed by atoms with E-state index >= 15 is 0 Å². The molecule has 2 aromatic carbocycles. The molecule has 1 heterocycles. The number of rotatable bonds is 7. The monoisotopic (exact) mass is 379 g/mol. The number of ether oxygens (including phenoxy) is 2. The Morgan fingerprint density at radius 2 is 1.79 bits per heavy atom. The van der Waals surface area contributed by atoms with E-state index in [0.717, 1.165) is 49.2 Å². The number of methoxy groups -OCH3 is 2. The highest BCUT2D eigenvalue weighted by Gasteiger charge is 2.32. The third-order valence-electron chi connectivity index (χ3n) is 5.38. The molecule has 0 amide bonds. The average Bonchev–Trinajstić information content (AvgIpc) is 3.11. The highest BCUT2D eigenvalue weighted by Crippen LogP contribution is 2.37. The maximum atomic E-state index is 12.8. The van der Waals surface area contributed by atoms with Crippen LogP contribution in [0.1, 0.15) is 43.7 Å².